The molecule has 0 fully saturated rings. The zero-order valence-corrected chi connectivity index (χ0v) is 19.5. The monoisotopic (exact) mass is 474 g/mol. The zero-order chi connectivity index (χ0) is 24.2. The van der Waals surface area contributed by atoms with Crippen molar-refractivity contribution in [2.75, 3.05) is 0 Å². The number of aromatic nitrogens is 3. The molecular formula is C26H23ClN4O3. The van der Waals surface area contributed by atoms with E-state index < -0.39 is 17.2 Å². The molecule has 0 unspecified atom stereocenters. The molecule has 0 aliphatic carbocycles. The number of nitrogens with zero attached hydrogens (tertiary/aromatic N) is 3. The fourth-order valence-electron chi connectivity index (χ4n) is 3.59. The number of carbonyl (C=O) groups excluding carboxylic acids is 1. The maximum absolute atomic E-state index is 13.3. The number of nitrogens with one attached hydrogen (secondary N) is 1. The van der Waals surface area contributed by atoms with Crippen molar-refractivity contribution in [2.45, 2.75) is 26.4 Å². The zero-order valence-electron chi connectivity index (χ0n) is 18.7. The Morgan fingerprint density at radius 2 is 1.62 bits per heavy atom. The predicted molar refractivity (Wildman–Crippen MR) is 132 cm³/mol. The molecule has 8 heteroatoms. The van der Waals surface area contributed by atoms with Crippen LogP contribution in [0.25, 0.3) is 5.69 Å². The molecule has 0 saturated carbocycles. The molecule has 7 nitrogen and oxygen atoms in total. The Kier molecular flexibility index (Phi) is 6.75. The van der Waals surface area contributed by atoms with Gasteiger partial charge in [-0.1, -0.05) is 66.2 Å². The number of hydrogen-bond donors (Lipinski definition) is 1. The molecule has 0 saturated heterocycles. The van der Waals surface area contributed by atoms with E-state index in [2.05, 4.69) is 10.4 Å². The Morgan fingerprint density at radius 3 is 2.29 bits per heavy atom. The quantitative estimate of drug-likeness (QED) is 0.459. The van der Waals surface area contributed by atoms with Gasteiger partial charge < -0.3 is 5.32 Å². The molecule has 4 rings (SSSR count). The van der Waals surface area contributed by atoms with Crippen LogP contribution in [0, 0.1) is 6.92 Å². The van der Waals surface area contributed by atoms with Crippen molar-refractivity contribution in [1.29, 1.82) is 0 Å². The first kappa shape index (κ1) is 23.2. The van der Waals surface area contributed by atoms with Gasteiger partial charge >= 0.3 is 5.69 Å². The highest BCUT2D eigenvalue weighted by atomic mass is 35.5. The molecular weight excluding hydrogens is 452 g/mol. The van der Waals surface area contributed by atoms with Crippen molar-refractivity contribution >= 4 is 17.5 Å². The lowest BCUT2D eigenvalue weighted by atomic mass is 10.1. The minimum Gasteiger partial charge on any atom is -0.344 e. The summed E-state index contributed by atoms with van der Waals surface area (Å²) in [4.78, 5) is 39.8. The minimum absolute atomic E-state index is 0.00890. The van der Waals surface area contributed by atoms with Crippen LogP contribution in [0.4, 0.5) is 0 Å². The van der Waals surface area contributed by atoms with Crippen LogP contribution in [0.1, 0.15) is 40.1 Å². The van der Waals surface area contributed by atoms with Crippen LogP contribution in [0.5, 0.6) is 0 Å². The van der Waals surface area contributed by atoms with Crippen LogP contribution in [0.3, 0.4) is 0 Å². The normalized spacial score (nSPS) is 11.7. The predicted octanol–water partition coefficient (Wildman–Crippen LogP) is 3.90. The Balaban J connectivity index is 1.82. The molecule has 4 aromatic rings. The summed E-state index contributed by atoms with van der Waals surface area (Å²) >= 11 is 5.99. The summed E-state index contributed by atoms with van der Waals surface area (Å²) in [6.45, 7) is 3.72. The van der Waals surface area contributed by atoms with Gasteiger partial charge in [-0.25, -0.2) is 4.79 Å². The van der Waals surface area contributed by atoms with E-state index in [0.29, 0.717) is 10.7 Å². The van der Waals surface area contributed by atoms with Crippen LogP contribution in [-0.4, -0.2) is 20.3 Å². The summed E-state index contributed by atoms with van der Waals surface area (Å²) in [6, 6.07) is 22.9. The second-order valence-corrected chi connectivity index (χ2v) is 8.38. The van der Waals surface area contributed by atoms with Gasteiger partial charge in [-0.2, -0.15) is 9.78 Å². The van der Waals surface area contributed by atoms with E-state index in [-0.39, 0.29) is 18.3 Å². The Labute approximate surface area is 201 Å². The van der Waals surface area contributed by atoms with Crippen molar-refractivity contribution in [2.24, 2.45) is 0 Å². The average Bonchev–Trinajstić information content (AvgIpc) is 2.84. The Hall–Kier alpha value is -3.97. The highest BCUT2D eigenvalue weighted by Crippen LogP contribution is 2.13. The summed E-state index contributed by atoms with van der Waals surface area (Å²) in [5, 5.41) is 7.46. The van der Waals surface area contributed by atoms with E-state index in [1.54, 1.807) is 24.3 Å². The van der Waals surface area contributed by atoms with Crippen LogP contribution in [-0.2, 0) is 6.54 Å². The molecule has 1 amide bonds. The number of amides is 1. The number of benzene rings is 3. The van der Waals surface area contributed by atoms with Gasteiger partial charge in [0.15, 0.2) is 0 Å². The van der Waals surface area contributed by atoms with Crippen LogP contribution < -0.4 is 16.6 Å². The second kappa shape index (κ2) is 9.89. The number of carbonyl (C=O) groups is 1. The summed E-state index contributed by atoms with van der Waals surface area (Å²) in [7, 11) is 0. The maximum Gasteiger partial charge on any atom is 0.352 e. The van der Waals surface area contributed by atoms with Gasteiger partial charge in [-0.3, -0.25) is 14.2 Å². The fraction of sp³-hybridized carbons (Fsp3) is 0.154. The lowest BCUT2D eigenvalue weighted by Crippen LogP contribution is -2.46. The fourth-order valence-corrected chi connectivity index (χ4v) is 3.72. The van der Waals surface area contributed by atoms with E-state index in [1.807, 2.05) is 68.4 Å². The van der Waals surface area contributed by atoms with Crippen molar-refractivity contribution in [3.63, 3.8) is 0 Å². The van der Waals surface area contributed by atoms with Gasteiger partial charge in [0.2, 0.25) is 5.69 Å². The molecule has 1 atom stereocenters. The third-order valence-corrected chi connectivity index (χ3v) is 5.83. The molecule has 3 aromatic carbocycles. The van der Waals surface area contributed by atoms with Crippen molar-refractivity contribution in [3.8, 4) is 5.69 Å². The third kappa shape index (κ3) is 4.84. The first-order chi connectivity index (χ1) is 16.3. The standard InChI is InChI=1S/C26H23ClN4O3/c1-17-8-6-7-11-20(17)16-30-25(33)23(24(32)28-18(2)19-9-4-3-5-10-19)29-31(26(30)34)22-14-12-21(27)13-15-22/h3-15,18H,16H2,1-2H3,(H,28,32)/t18-/m0/s1. The lowest BCUT2D eigenvalue weighted by molar-refractivity contribution is 0.0930. The molecule has 0 aliphatic rings. The molecule has 172 valence electrons. The van der Waals surface area contributed by atoms with Crippen molar-refractivity contribution < 1.29 is 4.79 Å². The Bertz CT molecular complexity index is 1440. The molecule has 1 N–H and O–H groups in total. The van der Waals surface area contributed by atoms with E-state index >= 15 is 0 Å². The van der Waals surface area contributed by atoms with E-state index in [1.165, 1.54) is 0 Å². The van der Waals surface area contributed by atoms with Gasteiger partial charge in [-0.15, -0.1) is 0 Å². The van der Waals surface area contributed by atoms with E-state index in [0.717, 1.165) is 25.9 Å². The topological polar surface area (TPSA) is 86.0 Å². The highest BCUT2D eigenvalue weighted by Gasteiger charge is 2.22. The van der Waals surface area contributed by atoms with Gasteiger partial charge in [0.1, 0.15) is 0 Å². The van der Waals surface area contributed by atoms with E-state index in [9.17, 15) is 14.4 Å². The third-order valence-electron chi connectivity index (χ3n) is 5.58. The first-order valence-electron chi connectivity index (χ1n) is 10.8. The summed E-state index contributed by atoms with van der Waals surface area (Å²) in [5.74, 6) is -0.664. The van der Waals surface area contributed by atoms with Crippen molar-refractivity contribution in [1.82, 2.24) is 19.7 Å². The Morgan fingerprint density at radius 1 is 0.971 bits per heavy atom. The summed E-state index contributed by atoms with van der Waals surface area (Å²) in [5.41, 5.74) is 1.21. The molecule has 0 spiro atoms. The summed E-state index contributed by atoms with van der Waals surface area (Å²) < 4.78 is 2.09. The average molecular weight is 475 g/mol. The molecule has 0 radical (unpaired) electrons. The molecule has 0 bridgehead atoms. The van der Waals surface area contributed by atoms with Crippen LogP contribution in [0.15, 0.2) is 88.5 Å². The molecule has 34 heavy (non-hydrogen) atoms. The summed E-state index contributed by atoms with van der Waals surface area (Å²) in [6.07, 6.45) is 0. The smallest absolute Gasteiger partial charge is 0.344 e. The van der Waals surface area contributed by atoms with Crippen LogP contribution in [0.2, 0.25) is 5.02 Å². The SMILES string of the molecule is Cc1ccccc1Cn1c(=O)c(C(=O)N[C@@H](C)c2ccccc2)nn(-c2ccc(Cl)cc2)c1=O. The maximum atomic E-state index is 13.3. The van der Waals surface area contributed by atoms with Crippen LogP contribution >= 0.6 is 11.6 Å². The second-order valence-electron chi connectivity index (χ2n) is 7.94. The highest BCUT2D eigenvalue weighted by molar-refractivity contribution is 6.30. The first-order valence-corrected chi connectivity index (χ1v) is 11.1. The van der Waals surface area contributed by atoms with Gasteiger partial charge in [0, 0.05) is 5.02 Å². The number of rotatable bonds is 6. The van der Waals surface area contributed by atoms with E-state index in [4.69, 9.17) is 11.6 Å². The van der Waals surface area contributed by atoms with Gasteiger partial charge in [0.05, 0.1) is 18.3 Å². The molecule has 1 aromatic heterocycles. The van der Waals surface area contributed by atoms with Gasteiger partial charge in [-0.05, 0) is 54.8 Å². The van der Waals surface area contributed by atoms with Crippen molar-refractivity contribution in [3.05, 3.63) is 127 Å². The van der Waals surface area contributed by atoms with Gasteiger partial charge in [0.25, 0.3) is 11.5 Å². The number of aryl methyl sites for hydroxylation is 1. The largest absolute Gasteiger partial charge is 0.352 e. The molecule has 1 heterocycles. The molecule has 0 aliphatic heterocycles. The minimum atomic E-state index is -0.753. The number of hydrogen-bond acceptors (Lipinski definition) is 4. The number of halogens is 1. The lowest BCUT2D eigenvalue weighted by Gasteiger charge is -2.16.